The number of nitrogens with one attached hydrogen (secondary N) is 1. The molecule has 0 aromatic heterocycles. The molecule has 1 fully saturated rings. The molecule has 1 heteroatoms. The largest absolute Gasteiger partial charge is 0.314 e. The first-order valence-corrected chi connectivity index (χ1v) is 12.0. The van der Waals surface area contributed by atoms with Gasteiger partial charge in [0.2, 0.25) is 0 Å². The minimum absolute atomic E-state index is 0.753. The van der Waals surface area contributed by atoms with Crippen molar-refractivity contribution in [2.45, 2.75) is 143 Å². The highest BCUT2D eigenvalue weighted by Gasteiger charge is 2.14. The molecule has 0 bridgehead atoms. The third-order valence-electron chi connectivity index (χ3n) is 5.86. The normalized spacial score (nSPS) is 20.2. The van der Waals surface area contributed by atoms with E-state index in [9.17, 15) is 0 Å². The number of hydrogen-bond acceptors (Lipinski definition) is 1. The van der Waals surface area contributed by atoms with Gasteiger partial charge in [0.15, 0.2) is 0 Å². The van der Waals surface area contributed by atoms with Gasteiger partial charge in [0, 0.05) is 6.04 Å². The topological polar surface area (TPSA) is 12.0 Å². The third kappa shape index (κ3) is 18.5. The van der Waals surface area contributed by atoms with Crippen molar-refractivity contribution in [3.63, 3.8) is 0 Å². The Morgan fingerprint density at radius 3 is 1.20 bits per heavy atom. The lowest BCUT2D eigenvalue weighted by atomic mass is 9.94. The van der Waals surface area contributed by atoms with Gasteiger partial charge in [0.25, 0.3) is 0 Å². The smallest absolute Gasteiger partial charge is 0.00643 e. The second-order valence-electron chi connectivity index (χ2n) is 8.46. The van der Waals surface area contributed by atoms with E-state index in [1.807, 2.05) is 0 Å². The molecule has 1 saturated heterocycles. The average Bonchev–Trinajstić information content (AvgIpc) is 2.62. The lowest BCUT2D eigenvalue weighted by Crippen LogP contribution is -2.37. The van der Waals surface area contributed by atoms with E-state index in [4.69, 9.17) is 0 Å². The summed E-state index contributed by atoms with van der Waals surface area (Å²) in [6, 6.07) is 0.753. The predicted octanol–water partition coefficient (Wildman–Crippen LogP) is 8.27. The molecule has 0 aromatic rings. The van der Waals surface area contributed by atoms with Crippen molar-refractivity contribution in [2.75, 3.05) is 6.54 Å². The van der Waals surface area contributed by atoms with Gasteiger partial charge in [-0.3, -0.25) is 0 Å². The fourth-order valence-corrected chi connectivity index (χ4v) is 3.65. The van der Waals surface area contributed by atoms with Crippen molar-refractivity contribution in [2.24, 2.45) is 5.92 Å². The summed E-state index contributed by atoms with van der Waals surface area (Å²) in [6.45, 7) is 10.4. The summed E-state index contributed by atoms with van der Waals surface area (Å²) >= 11 is 0. The van der Waals surface area contributed by atoms with Gasteiger partial charge in [-0.05, 0) is 32.2 Å². The van der Waals surface area contributed by atoms with E-state index < -0.39 is 0 Å². The quantitative estimate of drug-likeness (QED) is 0.310. The Labute approximate surface area is 161 Å². The van der Waals surface area contributed by atoms with E-state index in [2.05, 4.69) is 33.0 Å². The first-order chi connectivity index (χ1) is 12.2. The molecular formula is C24H51N. The van der Waals surface area contributed by atoms with E-state index in [1.54, 1.807) is 0 Å². The molecule has 25 heavy (non-hydrogen) atoms. The molecule has 0 aliphatic carbocycles. The van der Waals surface area contributed by atoms with Crippen molar-refractivity contribution in [1.82, 2.24) is 5.32 Å². The van der Waals surface area contributed by atoms with Crippen LogP contribution in [0.2, 0.25) is 0 Å². The highest BCUT2D eigenvalue weighted by Crippen LogP contribution is 2.14. The monoisotopic (exact) mass is 353 g/mol. The van der Waals surface area contributed by atoms with E-state index in [-0.39, 0.29) is 0 Å². The van der Waals surface area contributed by atoms with E-state index in [0.29, 0.717) is 0 Å². The molecule has 1 N–H and O–H groups in total. The summed E-state index contributed by atoms with van der Waals surface area (Å²) in [7, 11) is 0. The van der Waals surface area contributed by atoms with Crippen LogP contribution in [-0.4, -0.2) is 12.6 Å². The molecule has 152 valence electrons. The van der Waals surface area contributed by atoms with Crippen molar-refractivity contribution < 1.29 is 0 Å². The van der Waals surface area contributed by atoms with Gasteiger partial charge in [0.05, 0.1) is 0 Å². The number of hydrogen-bond donors (Lipinski definition) is 1. The summed E-state index contributed by atoms with van der Waals surface area (Å²) < 4.78 is 0. The van der Waals surface area contributed by atoms with Crippen LogP contribution in [0, 0.1) is 5.92 Å². The molecule has 1 aliphatic rings. The van der Waals surface area contributed by atoms with Gasteiger partial charge in [-0.1, -0.05) is 117 Å². The molecule has 2 atom stereocenters. The van der Waals surface area contributed by atoms with E-state index >= 15 is 0 Å². The Bertz CT molecular complexity index is 214. The van der Waals surface area contributed by atoms with Crippen LogP contribution in [0.5, 0.6) is 0 Å². The van der Waals surface area contributed by atoms with Crippen LogP contribution in [0.1, 0.15) is 137 Å². The maximum absolute atomic E-state index is 3.43. The van der Waals surface area contributed by atoms with Gasteiger partial charge < -0.3 is 5.32 Å². The first-order valence-electron chi connectivity index (χ1n) is 12.0. The van der Waals surface area contributed by atoms with Crippen LogP contribution >= 0.6 is 0 Å². The molecule has 1 rings (SSSR count). The fourth-order valence-electron chi connectivity index (χ4n) is 3.65. The molecule has 0 aromatic carbocycles. The molecule has 1 heterocycles. The van der Waals surface area contributed by atoms with Crippen LogP contribution < -0.4 is 5.32 Å². The Hall–Kier alpha value is -0.0400. The zero-order valence-corrected chi connectivity index (χ0v) is 18.4. The highest BCUT2D eigenvalue weighted by atomic mass is 14.9. The summed E-state index contributed by atoms with van der Waals surface area (Å²) in [5, 5.41) is 3.43. The summed E-state index contributed by atoms with van der Waals surface area (Å²) in [6.07, 6.45) is 24.7. The third-order valence-corrected chi connectivity index (χ3v) is 5.86. The second-order valence-corrected chi connectivity index (χ2v) is 8.46. The molecule has 1 aliphatic heterocycles. The van der Waals surface area contributed by atoms with Crippen LogP contribution in [0.4, 0.5) is 0 Å². The molecule has 0 radical (unpaired) electrons. The maximum Gasteiger partial charge on any atom is 0.00643 e. The Morgan fingerprint density at radius 2 is 0.960 bits per heavy atom. The van der Waals surface area contributed by atoms with Crippen LogP contribution in [-0.2, 0) is 0 Å². The average molecular weight is 354 g/mol. The summed E-state index contributed by atoms with van der Waals surface area (Å²) in [4.78, 5) is 0. The molecule has 0 saturated carbocycles. The minimum atomic E-state index is 0.753. The van der Waals surface area contributed by atoms with Crippen LogP contribution in [0.15, 0.2) is 0 Å². The Balaban J connectivity index is 0.000000593. The lowest BCUT2D eigenvalue weighted by Gasteiger charge is -2.26. The standard InChI is InChI=1S/C17H36.C7H15N/c1-3-5-7-9-11-13-15-17-16-14-12-10-8-6-4-2;1-6-4-3-5-8-7(6)2/h3-17H2,1-2H3;6-8H,3-5H2,1-2H3. The van der Waals surface area contributed by atoms with Gasteiger partial charge in [0.1, 0.15) is 0 Å². The van der Waals surface area contributed by atoms with Gasteiger partial charge in [-0.15, -0.1) is 0 Å². The van der Waals surface area contributed by atoms with Crippen molar-refractivity contribution in [1.29, 1.82) is 0 Å². The number of unbranched alkanes of at least 4 members (excludes halogenated alkanes) is 14. The summed E-state index contributed by atoms with van der Waals surface area (Å²) in [5.41, 5.74) is 0. The lowest BCUT2D eigenvalue weighted by molar-refractivity contribution is 0.319. The predicted molar refractivity (Wildman–Crippen MR) is 116 cm³/mol. The van der Waals surface area contributed by atoms with Gasteiger partial charge >= 0.3 is 0 Å². The second kappa shape index (κ2) is 20.3. The fraction of sp³-hybridized carbons (Fsp3) is 1.00. The van der Waals surface area contributed by atoms with Crippen molar-refractivity contribution in [3.8, 4) is 0 Å². The minimum Gasteiger partial charge on any atom is -0.314 e. The van der Waals surface area contributed by atoms with Crippen LogP contribution in [0.3, 0.4) is 0 Å². The molecular weight excluding hydrogens is 302 g/mol. The van der Waals surface area contributed by atoms with Gasteiger partial charge in [-0.2, -0.15) is 0 Å². The molecule has 1 nitrogen and oxygen atoms in total. The Morgan fingerprint density at radius 1 is 0.600 bits per heavy atom. The van der Waals surface area contributed by atoms with Crippen molar-refractivity contribution in [3.05, 3.63) is 0 Å². The molecule has 0 amide bonds. The number of piperidine rings is 1. The van der Waals surface area contributed by atoms with E-state index in [0.717, 1.165) is 12.0 Å². The van der Waals surface area contributed by atoms with Gasteiger partial charge in [-0.25, -0.2) is 0 Å². The molecule has 2 unspecified atom stereocenters. The van der Waals surface area contributed by atoms with Crippen molar-refractivity contribution >= 4 is 0 Å². The number of rotatable bonds is 14. The Kier molecular flexibility index (Phi) is 20.2. The summed E-state index contributed by atoms with van der Waals surface area (Å²) in [5.74, 6) is 0.892. The molecule has 0 spiro atoms. The first kappa shape index (κ1) is 25.0. The van der Waals surface area contributed by atoms with Crippen LogP contribution in [0.25, 0.3) is 0 Å². The zero-order chi connectivity index (χ0) is 18.6. The SMILES string of the molecule is CC1CCCNC1C.CCCCCCCCCCCCCCCCC. The highest BCUT2D eigenvalue weighted by molar-refractivity contribution is 4.73. The maximum atomic E-state index is 3.43. The zero-order valence-electron chi connectivity index (χ0n) is 18.4. The van der Waals surface area contributed by atoms with E-state index in [1.165, 1.54) is 116 Å².